The van der Waals surface area contributed by atoms with Gasteiger partial charge in [-0.15, -0.1) is 0 Å². The molecule has 10 unspecified atom stereocenters. The van der Waals surface area contributed by atoms with Gasteiger partial charge in [-0.25, -0.2) is 9.37 Å². The summed E-state index contributed by atoms with van der Waals surface area (Å²) in [5.41, 5.74) is -14.3. The van der Waals surface area contributed by atoms with Crippen molar-refractivity contribution in [3.63, 3.8) is 0 Å². The summed E-state index contributed by atoms with van der Waals surface area (Å²) >= 11 is 0. The minimum Gasteiger partial charge on any atom is -0.442 e. The number of alkyl halides is 3. The van der Waals surface area contributed by atoms with Gasteiger partial charge in [0.05, 0.1) is 38.1 Å². The van der Waals surface area contributed by atoms with Crippen molar-refractivity contribution in [1.29, 1.82) is 0 Å². The predicted molar refractivity (Wildman–Crippen MR) is 499 cm³/mol. The summed E-state index contributed by atoms with van der Waals surface area (Å²) in [7, 11) is 5.87. The van der Waals surface area contributed by atoms with Crippen molar-refractivity contribution in [3.05, 3.63) is 59.2 Å². The third kappa shape index (κ3) is 38.1. The number of amides is 4. The fourth-order valence-electron chi connectivity index (χ4n) is 11.5. The summed E-state index contributed by atoms with van der Waals surface area (Å²) < 4.78 is 45.6. The fourth-order valence-corrected chi connectivity index (χ4v) is 11.5. The van der Waals surface area contributed by atoms with Crippen LogP contribution < -0.4 is 0 Å². The van der Waals surface area contributed by atoms with Crippen LogP contribution in [0, 0.1) is 162 Å². The molecule has 28 heteroatoms. The van der Waals surface area contributed by atoms with Gasteiger partial charge >= 0.3 is 5.92 Å². The summed E-state index contributed by atoms with van der Waals surface area (Å²) in [6.45, 7) is 57.3. The highest BCUT2D eigenvalue weighted by molar-refractivity contribution is 5.95. The third-order valence-corrected chi connectivity index (χ3v) is 19.0. The second-order valence-corrected chi connectivity index (χ2v) is 43.9. The van der Waals surface area contributed by atoms with Crippen molar-refractivity contribution in [3.8, 4) is 107 Å². The lowest BCUT2D eigenvalue weighted by atomic mass is 9.93. The number of oxazole rings is 1. The van der Waals surface area contributed by atoms with Crippen molar-refractivity contribution >= 4 is 35.2 Å². The highest BCUT2D eigenvalue weighted by Crippen LogP contribution is 2.39. The molecule has 25 nitrogen and oxygen atoms in total. The summed E-state index contributed by atoms with van der Waals surface area (Å²) in [4.78, 5) is 81.5. The van der Waals surface area contributed by atoms with Gasteiger partial charge in [0.2, 0.25) is 22.7 Å². The summed E-state index contributed by atoms with van der Waals surface area (Å²) in [6.07, 6.45) is 7.67. The van der Waals surface area contributed by atoms with E-state index in [0.717, 1.165) is 40.3 Å². The van der Waals surface area contributed by atoms with Crippen LogP contribution in [0.3, 0.4) is 0 Å². The lowest BCUT2D eigenvalue weighted by Gasteiger charge is -2.20. The maximum absolute atomic E-state index is 13.5. The van der Waals surface area contributed by atoms with E-state index in [2.05, 4.69) is 121 Å². The Morgan fingerprint density at radius 1 is 0.435 bits per heavy atom. The fraction of sp³-hybridized carbons (Fsp3) is 0.670. The molecule has 0 radical (unpaired) electrons. The zero-order valence-electron chi connectivity index (χ0n) is 84.0. The first-order valence-corrected chi connectivity index (χ1v) is 43.8. The molecule has 7 heterocycles. The smallest absolute Gasteiger partial charge is 0.313 e. The van der Waals surface area contributed by atoms with Crippen LogP contribution in [0.2, 0.25) is 0 Å². The molecule has 4 saturated heterocycles. The Morgan fingerprint density at radius 2 is 0.824 bits per heavy atom. The van der Waals surface area contributed by atoms with E-state index in [9.17, 15) is 93.0 Å². The number of carbonyl (C=O) groups is 6. The monoisotopic (exact) mass is 1830 g/mol. The Kier molecular flexibility index (Phi) is 39.5. The average molecular weight is 1830 g/mol. The van der Waals surface area contributed by atoms with Crippen molar-refractivity contribution in [1.82, 2.24) is 29.6 Å². The number of likely N-dealkylation sites (N-methyl/N-ethyl adjacent to an activating group) is 4. The summed E-state index contributed by atoms with van der Waals surface area (Å²) in [5.74, 6) is 44.0. The van der Waals surface area contributed by atoms with Crippen LogP contribution in [0.15, 0.2) is 50.9 Å². The van der Waals surface area contributed by atoms with Crippen molar-refractivity contribution in [2.75, 3.05) is 60.9 Å². The topological polar surface area (TPSA) is 381 Å². The molecule has 4 amide bonds. The normalized spacial score (nSPS) is 26.1. The van der Waals surface area contributed by atoms with Gasteiger partial charge in [0, 0.05) is 109 Å². The number of rotatable bonds is 2. The van der Waals surface area contributed by atoms with E-state index in [4.69, 9.17) is 4.42 Å². The van der Waals surface area contributed by atoms with E-state index in [0.29, 0.717) is 63.1 Å². The van der Waals surface area contributed by atoms with E-state index >= 15 is 0 Å². The first kappa shape index (κ1) is 117. The molecule has 131 heavy (non-hydrogen) atoms. The lowest BCUT2D eigenvalue weighted by molar-refractivity contribution is -0.153. The number of aryl methyl sites for hydroxylation is 2. The minimum atomic E-state index is -3.53. The van der Waals surface area contributed by atoms with Crippen LogP contribution in [0.25, 0.3) is 0 Å². The van der Waals surface area contributed by atoms with E-state index in [1.807, 2.05) is 184 Å². The number of azo groups is 1. The van der Waals surface area contributed by atoms with Crippen LogP contribution in [-0.4, -0.2) is 234 Å². The lowest BCUT2D eigenvalue weighted by Crippen LogP contribution is -2.49. The average Bonchev–Trinajstić information content (AvgIpc) is 1.60. The molecule has 10 N–H and O–H groups in total. The number of nitrogens with zero attached hydrogens (tertiary/aromatic N) is 8. The number of hydrogen-bond acceptors (Lipinski definition) is 21. The van der Waals surface area contributed by atoms with Crippen LogP contribution in [0.5, 0.6) is 0 Å². The van der Waals surface area contributed by atoms with Crippen molar-refractivity contribution < 1.29 is 97.4 Å². The minimum absolute atomic E-state index is 0.0900. The number of aliphatic hydroxyl groups excluding tert-OH is 1. The quantitative estimate of drug-likeness (QED) is 0.125. The Labute approximate surface area is 778 Å². The van der Waals surface area contributed by atoms with E-state index in [-0.39, 0.29) is 79.8 Å². The summed E-state index contributed by atoms with van der Waals surface area (Å²) in [5, 5.41) is 107. The Hall–Kier alpha value is -9.65. The Bertz CT molecular complexity index is 4980. The van der Waals surface area contributed by atoms with Gasteiger partial charge in [-0.2, -0.15) is 19.0 Å². The second kappa shape index (κ2) is 44.0. The number of fused-ring (bicyclic) bond motifs is 1. The molecule has 722 valence electrons. The molecular weight excluding hydrogens is 1680 g/mol. The maximum Gasteiger partial charge on any atom is 0.313 e. The first-order chi connectivity index (χ1) is 58.7. The van der Waals surface area contributed by atoms with Gasteiger partial charge in [-0.05, 0) is 264 Å². The molecule has 11 atom stereocenters. The molecule has 5 aliphatic heterocycles. The molecule has 3 aliphatic carbocycles. The number of β-amino-alcohol motifs (C(OH)–C–C–N with tert-alkyl or cyclic N) is 1. The molecular formula is C103H147F3N8O17. The summed E-state index contributed by atoms with van der Waals surface area (Å²) in [6, 6.07) is 3.92. The number of aromatic nitrogens is 2. The van der Waals surface area contributed by atoms with E-state index in [1.54, 1.807) is 67.1 Å². The van der Waals surface area contributed by atoms with Crippen LogP contribution in [0.4, 0.5) is 13.2 Å². The zero-order chi connectivity index (χ0) is 102. The number of carbonyl (C=O) groups excluding carboxylic acids is 6. The Balaban J connectivity index is 0.000000499. The largest absolute Gasteiger partial charge is 0.442 e. The maximum atomic E-state index is 13.5. The number of ketones is 2. The van der Waals surface area contributed by atoms with Gasteiger partial charge in [0.15, 0.2) is 45.7 Å². The first-order valence-electron chi connectivity index (χ1n) is 43.8. The molecule has 0 spiro atoms. The molecule has 0 aromatic carbocycles. The number of likely N-dealkylation sites (tertiary alicyclic amines) is 4. The number of pyridine rings is 1. The number of hydrogen-bond donors (Lipinski definition) is 10. The van der Waals surface area contributed by atoms with E-state index < -0.39 is 98.3 Å². The molecule has 10 rings (SSSR count). The van der Waals surface area contributed by atoms with Gasteiger partial charge in [-0.3, -0.25) is 33.8 Å². The Morgan fingerprint density at radius 3 is 1.16 bits per heavy atom. The highest BCUT2D eigenvalue weighted by atomic mass is 19.3. The number of aliphatic hydroxyl groups is 10. The van der Waals surface area contributed by atoms with Gasteiger partial charge in [-0.1, -0.05) is 113 Å². The van der Waals surface area contributed by atoms with Gasteiger partial charge in [0.25, 0.3) is 29.2 Å². The second-order valence-electron chi connectivity index (χ2n) is 43.9. The van der Waals surface area contributed by atoms with Crippen LogP contribution >= 0.6 is 0 Å². The van der Waals surface area contributed by atoms with Crippen LogP contribution in [-0.2, 0) is 46.4 Å². The van der Waals surface area contributed by atoms with Crippen molar-refractivity contribution in [2.24, 2.45) is 59.0 Å². The van der Waals surface area contributed by atoms with Gasteiger partial charge < -0.3 is 75.1 Å². The van der Waals surface area contributed by atoms with Crippen LogP contribution in [0.1, 0.15) is 275 Å². The van der Waals surface area contributed by atoms with Crippen molar-refractivity contribution in [2.45, 2.75) is 334 Å². The standard InChI is InChI=1S/C14H17NO.C12H17NO2.C11H15F2NO2.C11H16FNO2.C11H16N2O.C11H17NO3.C11H17NO2.2C11H16O2/c1-13(2,3)8-9-14(16)7-6-11-5-4-10-15-12(11)14;1-9-8-13-10(15-9)12(5,14)7-6-11(2,3)4;1-9(2,3)5-6-10(16)8(15)14(4)7-11(10,12)13;1-10(2,3)5-6-11(15)8(12)7-13(4)9(11)14;1-10(2,3)6-7-11(4,14)9-5-8-12-13-9;1-10(2,3)5-6-11(15)8(13)7-12(4)9(11)14;1-10(2,3)5-6-11(14)7-8-12(4)9(11)13;2*1-10(2,3)7-8-11(13)6-4-5-9(11)12/h4-5,10,16H,6-7H2,1-3H3;8,14H,1-5H3;16H,7H2,1-4H3;8,15H,7H2,1-4H3;5,14H,8H2,1-4H3;8,13,15H,7H2,1-4H3;14H,7-8H2,1-4H3;2*13H,4-6H2,1-3H3/t;12-;;;;;;;/m.0......./s1. The molecule has 2 aromatic heterocycles. The zero-order valence-corrected chi connectivity index (χ0v) is 84.0. The predicted octanol–water partition coefficient (Wildman–Crippen LogP) is 11.4. The molecule has 6 fully saturated rings. The number of Topliss-reactive ketones (excluding diaryl/α,β-unsaturated/α-hetero) is 2. The van der Waals surface area contributed by atoms with Gasteiger partial charge in [0.1, 0.15) is 17.6 Å². The molecule has 0 bridgehead atoms. The molecule has 2 aromatic rings. The highest BCUT2D eigenvalue weighted by Gasteiger charge is 2.65. The van der Waals surface area contributed by atoms with E-state index in [1.165, 1.54) is 30.9 Å². The number of halogens is 3. The SMILES string of the molecule is CC(C)(C)C#CC(C)(O)C1=CCN=N1.CC(C)(C)C#CC1(O)CCCC1=O.CC(C)(C)C#CC1(O)CCCC1=O.CC(C)(C)C#CC1(O)CCc2cccnc21.CN1CC(F)(F)C(O)(C#CC(C)(C)C)C1=O.CN1CC(F)C(O)(C#CC(C)(C)C)C1=O.CN1CC(O)C(O)(C#CC(C)(C)C)C1=O.CN1CCC(O)(C#CC(C)(C)C)C1=O.Cc1cnc([C@@](C)(O)C#CC(C)(C)C)o1. The third-order valence-electron chi connectivity index (χ3n) is 19.0. The molecule has 2 saturated carbocycles. The molecule has 8 aliphatic rings.